The van der Waals surface area contributed by atoms with Crippen LogP contribution in [0.5, 0.6) is 0 Å². The van der Waals surface area contributed by atoms with Gasteiger partial charge < -0.3 is 18.6 Å². The van der Waals surface area contributed by atoms with E-state index in [2.05, 4.69) is 54.8 Å². The highest BCUT2D eigenvalue weighted by Crippen LogP contribution is 2.52. The monoisotopic (exact) mass is 669 g/mol. The van der Waals surface area contributed by atoms with Crippen LogP contribution in [0, 0.1) is 0 Å². The summed E-state index contributed by atoms with van der Waals surface area (Å²) in [6.07, 6.45) is 0.368. The van der Waals surface area contributed by atoms with Crippen LogP contribution in [-0.2, 0) is 32.2 Å². The number of halogens is 1. The zero-order valence-corrected chi connectivity index (χ0v) is 28.3. The van der Waals surface area contributed by atoms with Crippen LogP contribution >= 0.6 is 23.7 Å². The Morgan fingerprint density at radius 1 is 1.27 bits per heavy atom. The molecule has 0 aliphatic carbocycles. The third kappa shape index (κ3) is 8.68. The van der Waals surface area contributed by atoms with Gasteiger partial charge in [-0.05, 0) is 45.4 Å². The normalized spacial score (nSPS) is 26.9. The molecule has 0 aromatic carbocycles. The van der Waals surface area contributed by atoms with Gasteiger partial charge in [0.25, 0.3) is 5.56 Å². The van der Waals surface area contributed by atoms with Crippen LogP contribution in [0.3, 0.4) is 0 Å². The van der Waals surface area contributed by atoms with Crippen molar-refractivity contribution in [3.8, 4) is 0 Å². The minimum atomic E-state index is -3.72. The van der Waals surface area contributed by atoms with Gasteiger partial charge in [0.15, 0.2) is 14.1 Å². The predicted molar refractivity (Wildman–Crippen MR) is 157 cm³/mol. The summed E-state index contributed by atoms with van der Waals surface area (Å²) < 4.78 is 53.2. The summed E-state index contributed by atoms with van der Waals surface area (Å²) >= 11 is 3.39. The molecule has 1 aromatic rings. The molecule has 2 aliphatic rings. The van der Waals surface area contributed by atoms with Gasteiger partial charge in [-0.2, -0.15) is 0 Å². The van der Waals surface area contributed by atoms with Crippen LogP contribution in [0.25, 0.3) is 0 Å². The molecule has 12 nitrogen and oxygen atoms in total. The fourth-order valence-corrected chi connectivity index (χ4v) is 7.86. The maximum atomic E-state index is 14.0. The third-order valence-corrected chi connectivity index (χ3v) is 14.5. The molecule has 0 amide bonds. The SMILES string of the molecule is CN(CCBr)P(=O)(OCCC1COC(C)(C)O1)OC[C@H]1O[C@@H](n2ccc(=O)[nH]c2=O)C[C@@H]1O[Si](C)(C)C(C)(C)C. The van der Waals surface area contributed by atoms with Crippen molar-refractivity contribution in [1.29, 1.82) is 0 Å². The molecular formula is C25H45BrN3O9PSi. The lowest BCUT2D eigenvalue weighted by atomic mass is 10.2. The number of aromatic nitrogens is 2. The van der Waals surface area contributed by atoms with E-state index in [1.165, 1.54) is 16.8 Å². The molecule has 1 aromatic heterocycles. The standard InChI is InChI=1S/C25H45BrN3O9PSi/c1-24(2,3)40(7,8)38-19-15-22(29-12-9-21(30)27-23(29)31)36-20(19)17-35-39(32,28(6)13-11-26)34-14-10-18-16-33-25(4,5)37-18/h9,12,18-20,22H,10-11,13-17H2,1-8H3,(H,27,30,31)/t18?,19-,20+,22+,39?/m0/s1. The zero-order valence-electron chi connectivity index (χ0n) is 24.8. The third-order valence-electron chi connectivity index (χ3n) is 7.58. The second-order valence-corrected chi connectivity index (χ2v) is 19.9. The fourth-order valence-electron chi connectivity index (χ4n) is 4.21. The summed E-state index contributed by atoms with van der Waals surface area (Å²) in [4.78, 5) is 26.4. The zero-order chi connectivity index (χ0) is 29.9. The second kappa shape index (κ2) is 13.3. The second-order valence-electron chi connectivity index (χ2n) is 12.2. The summed E-state index contributed by atoms with van der Waals surface area (Å²) in [6, 6.07) is 1.27. The van der Waals surface area contributed by atoms with E-state index in [1.807, 2.05) is 13.8 Å². The lowest BCUT2D eigenvalue weighted by molar-refractivity contribution is -0.139. The highest BCUT2D eigenvalue weighted by molar-refractivity contribution is 9.09. The van der Waals surface area contributed by atoms with Crippen molar-refractivity contribution < 1.29 is 32.2 Å². The molecular weight excluding hydrogens is 625 g/mol. The number of nitrogens with zero attached hydrogens (tertiary/aromatic N) is 2. The minimum Gasteiger partial charge on any atom is -0.411 e. The lowest BCUT2D eigenvalue weighted by Crippen LogP contribution is -2.46. The van der Waals surface area contributed by atoms with Crippen molar-refractivity contribution in [3.05, 3.63) is 33.1 Å². The summed E-state index contributed by atoms with van der Waals surface area (Å²) in [6.45, 7) is 15.3. The van der Waals surface area contributed by atoms with Gasteiger partial charge >= 0.3 is 13.4 Å². The molecule has 0 radical (unpaired) electrons. The molecule has 40 heavy (non-hydrogen) atoms. The van der Waals surface area contributed by atoms with Gasteiger partial charge in [0.05, 0.1) is 32.0 Å². The van der Waals surface area contributed by atoms with Crippen molar-refractivity contribution in [2.45, 2.75) is 95.9 Å². The molecule has 2 fully saturated rings. The van der Waals surface area contributed by atoms with Gasteiger partial charge in [0.2, 0.25) is 0 Å². The van der Waals surface area contributed by atoms with Crippen molar-refractivity contribution in [2.24, 2.45) is 0 Å². The minimum absolute atomic E-state index is 0.0690. The predicted octanol–water partition coefficient (Wildman–Crippen LogP) is 4.22. The van der Waals surface area contributed by atoms with E-state index in [0.717, 1.165) is 0 Å². The Morgan fingerprint density at radius 3 is 2.55 bits per heavy atom. The number of hydrogen-bond donors (Lipinski definition) is 1. The Kier molecular flexibility index (Phi) is 11.3. The van der Waals surface area contributed by atoms with E-state index < -0.39 is 51.5 Å². The fraction of sp³-hybridized carbons (Fsp3) is 0.840. The van der Waals surface area contributed by atoms with Crippen LogP contribution in [0.15, 0.2) is 21.9 Å². The average molecular weight is 671 g/mol. The maximum absolute atomic E-state index is 14.0. The first-order chi connectivity index (χ1) is 18.5. The van der Waals surface area contributed by atoms with Gasteiger partial charge in [0.1, 0.15) is 12.3 Å². The molecule has 2 unspecified atom stereocenters. The Hall–Kier alpha value is -0.673. The number of rotatable bonds is 13. The molecule has 0 bridgehead atoms. The lowest BCUT2D eigenvalue weighted by Gasteiger charge is -2.39. The Morgan fingerprint density at radius 2 is 1.98 bits per heavy atom. The molecule has 3 heterocycles. The van der Waals surface area contributed by atoms with E-state index >= 15 is 0 Å². The Bertz CT molecular complexity index is 1160. The van der Waals surface area contributed by atoms with Crippen LogP contribution in [0.4, 0.5) is 0 Å². The first kappa shape index (κ1) is 33.8. The van der Waals surface area contributed by atoms with Crippen molar-refractivity contribution in [1.82, 2.24) is 14.2 Å². The molecule has 2 saturated heterocycles. The van der Waals surface area contributed by atoms with E-state index in [0.29, 0.717) is 31.3 Å². The summed E-state index contributed by atoms with van der Waals surface area (Å²) in [5, 5.41) is 0.503. The molecule has 230 valence electrons. The first-order valence-electron chi connectivity index (χ1n) is 13.6. The number of alkyl halides is 1. The molecule has 5 atom stereocenters. The quantitative estimate of drug-likeness (QED) is 0.185. The average Bonchev–Trinajstić information content (AvgIpc) is 3.38. The van der Waals surface area contributed by atoms with Gasteiger partial charge in [0, 0.05) is 30.6 Å². The Balaban J connectivity index is 1.76. The number of nitrogens with one attached hydrogen (secondary N) is 1. The summed E-state index contributed by atoms with van der Waals surface area (Å²) in [5.41, 5.74) is -1.06. The number of H-pyrrole nitrogens is 1. The highest BCUT2D eigenvalue weighted by atomic mass is 79.9. The van der Waals surface area contributed by atoms with Crippen molar-refractivity contribution >= 4 is 32.0 Å². The molecule has 3 rings (SSSR count). The Labute approximate surface area is 245 Å². The van der Waals surface area contributed by atoms with Crippen LogP contribution in [0.1, 0.15) is 53.7 Å². The van der Waals surface area contributed by atoms with Gasteiger partial charge in [-0.1, -0.05) is 36.7 Å². The van der Waals surface area contributed by atoms with E-state index in [4.69, 9.17) is 27.7 Å². The van der Waals surface area contributed by atoms with Gasteiger partial charge in [-0.25, -0.2) is 14.0 Å². The summed E-state index contributed by atoms with van der Waals surface area (Å²) in [7, 11) is -4.28. The van der Waals surface area contributed by atoms with Crippen LogP contribution in [0.2, 0.25) is 18.1 Å². The number of hydrogen-bond acceptors (Lipinski definition) is 9. The molecule has 1 N–H and O–H groups in total. The maximum Gasteiger partial charge on any atom is 0.408 e. The highest BCUT2D eigenvalue weighted by Gasteiger charge is 2.46. The summed E-state index contributed by atoms with van der Waals surface area (Å²) in [5.74, 6) is -0.652. The first-order valence-corrected chi connectivity index (χ1v) is 19.1. The molecule has 15 heteroatoms. The molecule has 2 aliphatic heterocycles. The van der Waals surface area contributed by atoms with Gasteiger partial charge in [-0.15, -0.1) is 0 Å². The van der Waals surface area contributed by atoms with E-state index in [1.54, 1.807) is 11.7 Å². The molecule has 0 spiro atoms. The van der Waals surface area contributed by atoms with Crippen molar-refractivity contribution in [3.63, 3.8) is 0 Å². The smallest absolute Gasteiger partial charge is 0.408 e. The van der Waals surface area contributed by atoms with E-state index in [-0.39, 0.29) is 24.4 Å². The van der Waals surface area contributed by atoms with Gasteiger partial charge in [-0.3, -0.25) is 23.4 Å². The topological polar surface area (TPSA) is 131 Å². The van der Waals surface area contributed by atoms with E-state index in [9.17, 15) is 14.2 Å². The largest absolute Gasteiger partial charge is 0.411 e. The van der Waals surface area contributed by atoms with Crippen LogP contribution in [-0.4, -0.2) is 85.4 Å². The molecule has 0 saturated carbocycles. The van der Waals surface area contributed by atoms with Crippen LogP contribution < -0.4 is 11.2 Å². The number of aromatic amines is 1. The van der Waals surface area contributed by atoms with Crippen molar-refractivity contribution in [2.75, 3.05) is 38.7 Å². The number of ether oxygens (including phenoxy) is 3.